The zero-order valence-electron chi connectivity index (χ0n) is 8.33. The number of hydrogen-bond donors (Lipinski definition) is 1. The third kappa shape index (κ3) is 2.11. The maximum Gasteiger partial charge on any atom is 0.0497 e. The summed E-state index contributed by atoms with van der Waals surface area (Å²) >= 11 is 2.41. The Hall–Kier alpha value is -0.0900. The van der Waals surface area contributed by atoms with Gasteiger partial charge in [0.15, 0.2) is 0 Å². The second-order valence-corrected chi connectivity index (χ2v) is 5.30. The van der Waals surface area contributed by atoms with Crippen molar-refractivity contribution in [2.75, 3.05) is 6.61 Å². The number of halogens is 1. The van der Waals surface area contributed by atoms with Crippen molar-refractivity contribution in [3.05, 3.63) is 32.9 Å². The predicted octanol–water partition coefficient (Wildman–Crippen LogP) is 3.26. The predicted molar refractivity (Wildman–Crippen MR) is 66.6 cm³/mol. The number of aliphatic hydroxyl groups excluding tert-OH is 1. The molecule has 0 saturated heterocycles. The molecule has 1 aromatic carbocycles. The third-order valence-corrected chi connectivity index (χ3v) is 3.86. The number of benzene rings is 1. The van der Waals surface area contributed by atoms with Gasteiger partial charge in [-0.1, -0.05) is 19.1 Å². The van der Waals surface area contributed by atoms with E-state index in [0.29, 0.717) is 0 Å². The van der Waals surface area contributed by atoms with E-state index in [4.69, 9.17) is 5.11 Å². The van der Waals surface area contributed by atoms with Crippen molar-refractivity contribution < 1.29 is 5.11 Å². The maximum absolute atomic E-state index is 9.10. The molecule has 14 heavy (non-hydrogen) atoms. The summed E-state index contributed by atoms with van der Waals surface area (Å²) in [5.74, 6) is 1.07. The normalized spacial score (nSPS) is 18.2. The lowest BCUT2D eigenvalue weighted by atomic mass is 9.98. The van der Waals surface area contributed by atoms with E-state index in [0.717, 1.165) is 5.92 Å². The van der Waals surface area contributed by atoms with E-state index in [1.807, 2.05) is 0 Å². The van der Waals surface area contributed by atoms with Crippen LogP contribution in [-0.4, -0.2) is 11.7 Å². The average Bonchev–Trinajstić information content (AvgIpc) is 3.01. The number of rotatable bonds is 3. The van der Waals surface area contributed by atoms with Crippen molar-refractivity contribution >= 4 is 22.6 Å². The van der Waals surface area contributed by atoms with Gasteiger partial charge in [0, 0.05) is 16.1 Å². The molecule has 1 fully saturated rings. The van der Waals surface area contributed by atoms with Crippen LogP contribution >= 0.6 is 22.6 Å². The van der Waals surface area contributed by atoms with Gasteiger partial charge in [-0.2, -0.15) is 0 Å². The molecule has 1 aliphatic rings. The molecule has 0 aromatic heterocycles. The first-order chi connectivity index (χ1) is 6.72. The minimum absolute atomic E-state index is 0.241. The molecule has 0 spiro atoms. The van der Waals surface area contributed by atoms with Crippen LogP contribution in [0.1, 0.15) is 42.7 Å². The first-order valence-corrected chi connectivity index (χ1v) is 6.20. The Labute approximate surface area is 98.7 Å². The van der Waals surface area contributed by atoms with Gasteiger partial charge in [0.25, 0.3) is 0 Å². The van der Waals surface area contributed by atoms with Crippen LogP contribution in [-0.2, 0) is 0 Å². The van der Waals surface area contributed by atoms with Crippen LogP contribution < -0.4 is 0 Å². The summed E-state index contributed by atoms with van der Waals surface area (Å²) in [4.78, 5) is 0. The molecule has 1 aliphatic carbocycles. The molecule has 0 radical (unpaired) electrons. The van der Waals surface area contributed by atoms with Gasteiger partial charge in [0.05, 0.1) is 0 Å². The molecule has 1 saturated carbocycles. The van der Waals surface area contributed by atoms with E-state index in [1.165, 1.54) is 27.5 Å². The van der Waals surface area contributed by atoms with Gasteiger partial charge >= 0.3 is 0 Å². The Kier molecular flexibility index (Phi) is 3.12. The molecule has 1 atom stereocenters. The summed E-state index contributed by atoms with van der Waals surface area (Å²) in [6, 6.07) is 6.59. The highest BCUT2D eigenvalue weighted by molar-refractivity contribution is 14.1. The molecule has 1 nitrogen and oxygen atoms in total. The van der Waals surface area contributed by atoms with E-state index in [2.05, 4.69) is 47.7 Å². The average molecular weight is 302 g/mol. The van der Waals surface area contributed by atoms with Gasteiger partial charge in [0.1, 0.15) is 0 Å². The highest BCUT2D eigenvalue weighted by atomic mass is 127. The van der Waals surface area contributed by atoms with Crippen LogP contribution in [0.15, 0.2) is 18.2 Å². The monoisotopic (exact) mass is 302 g/mol. The highest BCUT2D eigenvalue weighted by Gasteiger charge is 2.25. The minimum atomic E-state index is 0.241. The largest absolute Gasteiger partial charge is 0.396 e. The fraction of sp³-hybridized carbons (Fsp3) is 0.500. The molecule has 1 unspecified atom stereocenters. The maximum atomic E-state index is 9.10. The molecule has 0 amide bonds. The highest BCUT2D eigenvalue weighted by Crippen LogP contribution is 2.42. The second kappa shape index (κ2) is 4.19. The first-order valence-electron chi connectivity index (χ1n) is 5.12. The van der Waals surface area contributed by atoms with Crippen LogP contribution in [0.2, 0.25) is 0 Å². The molecule has 1 aromatic rings. The third-order valence-electron chi connectivity index (χ3n) is 2.88. The number of aliphatic hydroxyl groups is 1. The van der Waals surface area contributed by atoms with Crippen LogP contribution in [0.25, 0.3) is 0 Å². The van der Waals surface area contributed by atoms with Gasteiger partial charge in [-0.25, -0.2) is 0 Å². The SMILES string of the molecule is CC(CO)c1ccc(I)c(C2CC2)c1. The van der Waals surface area contributed by atoms with Gasteiger partial charge in [-0.3, -0.25) is 0 Å². The van der Waals surface area contributed by atoms with Crippen molar-refractivity contribution in [3.63, 3.8) is 0 Å². The summed E-state index contributed by atoms with van der Waals surface area (Å²) in [7, 11) is 0. The van der Waals surface area contributed by atoms with E-state index in [-0.39, 0.29) is 12.5 Å². The summed E-state index contributed by atoms with van der Waals surface area (Å²) in [6.07, 6.45) is 2.68. The molecule has 0 bridgehead atoms. The molecular weight excluding hydrogens is 287 g/mol. The van der Waals surface area contributed by atoms with Crippen LogP contribution in [0.3, 0.4) is 0 Å². The van der Waals surface area contributed by atoms with Crippen molar-refractivity contribution in [1.82, 2.24) is 0 Å². The Bertz CT molecular complexity index is 331. The van der Waals surface area contributed by atoms with Crippen molar-refractivity contribution in [2.24, 2.45) is 0 Å². The molecule has 0 aliphatic heterocycles. The van der Waals surface area contributed by atoms with Crippen molar-refractivity contribution in [3.8, 4) is 0 Å². The number of hydrogen-bond acceptors (Lipinski definition) is 1. The van der Waals surface area contributed by atoms with E-state index < -0.39 is 0 Å². The van der Waals surface area contributed by atoms with Crippen LogP contribution in [0.4, 0.5) is 0 Å². The topological polar surface area (TPSA) is 20.2 Å². The van der Waals surface area contributed by atoms with Gasteiger partial charge in [-0.05, 0) is 58.5 Å². The lowest BCUT2D eigenvalue weighted by Gasteiger charge is -2.11. The van der Waals surface area contributed by atoms with Crippen LogP contribution in [0.5, 0.6) is 0 Å². The zero-order chi connectivity index (χ0) is 10.1. The minimum Gasteiger partial charge on any atom is -0.396 e. The summed E-state index contributed by atoms with van der Waals surface area (Å²) in [5, 5.41) is 9.10. The Balaban J connectivity index is 2.30. The summed E-state index contributed by atoms with van der Waals surface area (Å²) in [6.45, 7) is 2.31. The molecule has 1 N–H and O–H groups in total. The molecule has 76 valence electrons. The zero-order valence-corrected chi connectivity index (χ0v) is 10.5. The van der Waals surface area contributed by atoms with Crippen molar-refractivity contribution in [1.29, 1.82) is 0 Å². The van der Waals surface area contributed by atoms with E-state index >= 15 is 0 Å². The Morgan fingerprint density at radius 1 is 1.50 bits per heavy atom. The van der Waals surface area contributed by atoms with Gasteiger partial charge < -0.3 is 5.11 Å². The molecule has 0 heterocycles. The summed E-state index contributed by atoms with van der Waals surface area (Å²) < 4.78 is 1.37. The van der Waals surface area contributed by atoms with Gasteiger partial charge in [0.2, 0.25) is 0 Å². The van der Waals surface area contributed by atoms with E-state index in [9.17, 15) is 0 Å². The Morgan fingerprint density at radius 2 is 2.21 bits per heavy atom. The lowest BCUT2D eigenvalue weighted by Crippen LogP contribution is -2.00. The van der Waals surface area contributed by atoms with Crippen molar-refractivity contribution in [2.45, 2.75) is 31.6 Å². The fourth-order valence-electron chi connectivity index (χ4n) is 1.68. The quantitative estimate of drug-likeness (QED) is 0.850. The molecule has 2 heteroatoms. The first kappa shape index (κ1) is 10.4. The Morgan fingerprint density at radius 3 is 2.79 bits per heavy atom. The van der Waals surface area contributed by atoms with Gasteiger partial charge in [-0.15, -0.1) is 0 Å². The lowest BCUT2D eigenvalue weighted by molar-refractivity contribution is 0.273. The van der Waals surface area contributed by atoms with E-state index in [1.54, 1.807) is 0 Å². The fourth-order valence-corrected chi connectivity index (χ4v) is 2.46. The standard InChI is InChI=1S/C12H15IO/c1-8(7-14)10-4-5-12(13)11(6-10)9-2-3-9/h4-6,8-9,14H,2-3,7H2,1H3. The van der Waals surface area contributed by atoms with Crippen LogP contribution in [0, 0.1) is 3.57 Å². The molecular formula is C12H15IO. The second-order valence-electron chi connectivity index (χ2n) is 4.14. The summed E-state index contributed by atoms with van der Waals surface area (Å²) in [5.41, 5.74) is 2.76. The smallest absolute Gasteiger partial charge is 0.0497 e. The molecule has 2 rings (SSSR count).